The second-order valence-corrected chi connectivity index (χ2v) is 4.61. The molecule has 1 aliphatic rings. The SMILES string of the molecule is Fc1ccc(C(Br)C2CCCO2)cc1F. The summed E-state index contributed by atoms with van der Waals surface area (Å²) in [7, 11) is 0. The molecule has 1 fully saturated rings. The van der Waals surface area contributed by atoms with Gasteiger partial charge in [0.1, 0.15) is 0 Å². The summed E-state index contributed by atoms with van der Waals surface area (Å²) in [5.74, 6) is -1.62. The lowest BCUT2D eigenvalue weighted by Crippen LogP contribution is -2.12. The summed E-state index contributed by atoms with van der Waals surface area (Å²) in [5.41, 5.74) is 0.723. The Morgan fingerprint density at radius 2 is 2.13 bits per heavy atom. The molecule has 82 valence electrons. The number of hydrogen-bond donors (Lipinski definition) is 0. The van der Waals surface area contributed by atoms with E-state index in [0.717, 1.165) is 31.1 Å². The van der Waals surface area contributed by atoms with Gasteiger partial charge in [-0.1, -0.05) is 22.0 Å². The van der Waals surface area contributed by atoms with Crippen molar-refractivity contribution in [2.24, 2.45) is 0 Å². The largest absolute Gasteiger partial charge is 0.377 e. The van der Waals surface area contributed by atoms with Crippen molar-refractivity contribution < 1.29 is 13.5 Å². The molecule has 0 radical (unpaired) electrons. The summed E-state index contributed by atoms with van der Waals surface area (Å²) in [6.45, 7) is 0.746. The maximum absolute atomic E-state index is 13.0. The molecule has 2 atom stereocenters. The molecule has 1 saturated heterocycles. The van der Waals surface area contributed by atoms with Gasteiger partial charge in [-0.2, -0.15) is 0 Å². The molecule has 0 amide bonds. The predicted octanol–water partition coefficient (Wildman–Crippen LogP) is 3.58. The number of rotatable bonds is 2. The maximum atomic E-state index is 13.0. The van der Waals surface area contributed by atoms with Crippen molar-refractivity contribution in [2.45, 2.75) is 23.8 Å². The fourth-order valence-electron chi connectivity index (χ4n) is 1.73. The minimum atomic E-state index is -0.814. The fraction of sp³-hybridized carbons (Fsp3) is 0.455. The Morgan fingerprint density at radius 3 is 2.73 bits per heavy atom. The van der Waals surface area contributed by atoms with Crippen LogP contribution < -0.4 is 0 Å². The van der Waals surface area contributed by atoms with E-state index >= 15 is 0 Å². The molecule has 0 aliphatic carbocycles. The third-order valence-corrected chi connectivity index (χ3v) is 3.67. The van der Waals surface area contributed by atoms with Crippen LogP contribution in [0.25, 0.3) is 0 Å². The van der Waals surface area contributed by atoms with Gasteiger partial charge in [-0.15, -0.1) is 0 Å². The molecule has 2 unspecified atom stereocenters. The van der Waals surface area contributed by atoms with E-state index in [0.29, 0.717) is 0 Å². The first-order valence-corrected chi connectivity index (χ1v) is 5.80. The highest BCUT2D eigenvalue weighted by molar-refractivity contribution is 9.09. The van der Waals surface area contributed by atoms with Crippen molar-refractivity contribution in [2.75, 3.05) is 6.61 Å². The van der Waals surface area contributed by atoms with Gasteiger partial charge in [0.25, 0.3) is 0 Å². The summed E-state index contributed by atoms with van der Waals surface area (Å²) < 4.78 is 31.2. The highest BCUT2D eigenvalue weighted by Gasteiger charge is 2.25. The average Bonchev–Trinajstić information content (AvgIpc) is 2.74. The molecule has 2 rings (SSSR count). The molecule has 1 aromatic rings. The molecule has 0 saturated carbocycles. The van der Waals surface area contributed by atoms with Gasteiger partial charge in [-0.05, 0) is 30.5 Å². The normalized spacial score (nSPS) is 23.0. The number of alkyl halides is 1. The topological polar surface area (TPSA) is 9.23 Å². The van der Waals surface area contributed by atoms with E-state index in [4.69, 9.17) is 4.74 Å². The lowest BCUT2D eigenvalue weighted by atomic mass is 10.1. The van der Waals surface area contributed by atoms with Crippen molar-refractivity contribution in [1.29, 1.82) is 0 Å². The van der Waals surface area contributed by atoms with Crippen molar-refractivity contribution in [3.05, 3.63) is 35.4 Å². The maximum Gasteiger partial charge on any atom is 0.159 e. The van der Waals surface area contributed by atoms with Crippen molar-refractivity contribution in [3.8, 4) is 0 Å². The van der Waals surface area contributed by atoms with Crippen LogP contribution >= 0.6 is 15.9 Å². The molecule has 0 spiro atoms. The zero-order chi connectivity index (χ0) is 10.8. The smallest absolute Gasteiger partial charge is 0.159 e. The minimum absolute atomic E-state index is 0.0601. The van der Waals surface area contributed by atoms with Crippen LogP contribution in [0.4, 0.5) is 8.78 Å². The van der Waals surface area contributed by atoms with Gasteiger partial charge in [0.05, 0.1) is 10.9 Å². The minimum Gasteiger partial charge on any atom is -0.377 e. The average molecular weight is 277 g/mol. The van der Waals surface area contributed by atoms with E-state index in [2.05, 4.69) is 15.9 Å². The van der Waals surface area contributed by atoms with Crippen LogP contribution in [-0.2, 0) is 4.74 Å². The zero-order valence-electron chi connectivity index (χ0n) is 8.05. The molecule has 0 aromatic heterocycles. The first-order valence-electron chi connectivity index (χ1n) is 4.89. The van der Waals surface area contributed by atoms with Crippen molar-refractivity contribution in [1.82, 2.24) is 0 Å². The lowest BCUT2D eigenvalue weighted by Gasteiger charge is -2.17. The molecule has 1 nitrogen and oxygen atoms in total. The Balaban J connectivity index is 2.17. The third-order valence-electron chi connectivity index (χ3n) is 2.55. The Bertz CT molecular complexity index is 350. The van der Waals surface area contributed by atoms with Crippen LogP contribution in [0.3, 0.4) is 0 Å². The molecule has 0 N–H and O–H groups in total. The number of benzene rings is 1. The van der Waals surface area contributed by atoms with Gasteiger partial charge in [0.15, 0.2) is 11.6 Å². The molecule has 1 aliphatic heterocycles. The Morgan fingerprint density at radius 1 is 1.33 bits per heavy atom. The quantitative estimate of drug-likeness (QED) is 0.751. The molecule has 1 heterocycles. The van der Waals surface area contributed by atoms with Gasteiger partial charge in [0.2, 0.25) is 0 Å². The van der Waals surface area contributed by atoms with E-state index < -0.39 is 11.6 Å². The van der Waals surface area contributed by atoms with Gasteiger partial charge in [0, 0.05) is 6.61 Å². The number of ether oxygens (including phenoxy) is 1. The van der Waals surface area contributed by atoms with Crippen LogP contribution in [0.5, 0.6) is 0 Å². The predicted molar refractivity (Wildman–Crippen MR) is 57.0 cm³/mol. The van der Waals surface area contributed by atoms with Crippen molar-refractivity contribution >= 4 is 15.9 Å². The van der Waals surface area contributed by atoms with E-state index in [1.807, 2.05) is 0 Å². The van der Waals surface area contributed by atoms with Crippen LogP contribution in [0, 0.1) is 11.6 Å². The second kappa shape index (κ2) is 4.58. The highest BCUT2D eigenvalue weighted by Crippen LogP contribution is 2.34. The van der Waals surface area contributed by atoms with E-state index in [-0.39, 0.29) is 10.9 Å². The Labute approximate surface area is 95.6 Å². The van der Waals surface area contributed by atoms with E-state index in [1.165, 1.54) is 6.07 Å². The highest BCUT2D eigenvalue weighted by atomic mass is 79.9. The van der Waals surface area contributed by atoms with Crippen LogP contribution in [0.2, 0.25) is 0 Å². The Kier molecular flexibility index (Phi) is 3.36. The second-order valence-electron chi connectivity index (χ2n) is 3.63. The first-order chi connectivity index (χ1) is 7.18. The van der Waals surface area contributed by atoms with E-state index in [9.17, 15) is 8.78 Å². The summed E-state index contributed by atoms with van der Waals surface area (Å²) in [6, 6.07) is 3.95. The molecule has 0 bridgehead atoms. The summed E-state index contributed by atoms with van der Waals surface area (Å²) in [6.07, 6.45) is 2.04. The van der Waals surface area contributed by atoms with Gasteiger partial charge >= 0.3 is 0 Å². The standard InChI is InChI=1S/C11H11BrF2O/c12-11(10-2-1-5-15-10)7-3-4-8(13)9(14)6-7/h3-4,6,10-11H,1-2,5H2. The molecule has 4 heteroatoms. The summed E-state index contributed by atoms with van der Waals surface area (Å²) >= 11 is 3.46. The van der Waals surface area contributed by atoms with Gasteiger partial charge in [-0.3, -0.25) is 0 Å². The first kappa shape index (κ1) is 11.0. The van der Waals surface area contributed by atoms with Crippen molar-refractivity contribution in [3.63, 3.8) is 0 Å². The lowest BCUT2D eigenvalue weighted by molar-refractivity contribution is 0.110. The van der Waals surface area contributed by atoms with Gasteiger partial charge in [-0.25, -0.2) is 8.78 Å². The van der Waals surface area contributed by atoms with Crippen LogP contribution in [0.15, 0.2) is 18.2 Å². The number of halogens is 3. The summed E-state index contributed by atoms with van der Waals surface area (Å²) in [4.78, 5) is -0.0601. The Hall–Kier alpha value is -0.480. The van der Waals surface area contributed by atoms with Gasteiger partial charge < -0.3 is 4.74 Å². The third kappa shape index (κ3) is 2.37. The fourth-order valence-corrected chi connectivity index (χ4v) is 2.43. The van der Waals surface area contributed by atoms with Crippen LogP contribution in [0.1, 0.15) is 23.2 Å². The summed E-state index contributed by atoms with van der Waals surface area (Å²) in [5, 5.41) is 0. The molecule has 15 heavy (non-hydrogen) atoms. The van der Waals surface area contributed by atoms with E-state index in [1.54, 1.807) is 6.07 Å². The monoisotopic (exact) mass is 276 g/mol. The zero-order valence-corrected chi connectivity index (χ0v) is 9.64. The molecular formula is C11H11BrF2O. The molecule has 1 aromatic carbocycles. The molecular weight excluding hydrogens is 266 g/mol. The number of hydrogen-bond acceptors (Lipinski definition) is 1. The van der Waals surface area contributed by atoms with Crippen LogP contribution in [-0.4, -0.2) is 12.7 Å².